The molecule has 1 heterocycles. The van der Waals surface area contributed by atoms with Gasteiger partial charge in [-0.2, -0.15) is 10.3 Å². The average Bonchev–Trinajstić information content (AvgIpc) is 3.24. The van der Waals surface area contributed by atoms with Crippen molar-refractivity contribution in [3.8, 4) is 22.8 Å². The summed E-state index contributed by atoms with van der Waals surface area (Å²) in [6.45, 7) is 4.07. The van der Waals surface area contributed by atoms with Gasteiger partial charge in [0.15, 0.2) is 23.8 Å². The lowest BCUT2D eigenvalue weighted by Gasteiger charge is -2.23. The van der Waals surface area contributed by atoms with Gasteiger partial charge in [0, 0.05) is 11.6 Å². The Bertz CT molecular complexity index is 911. The minimum atomic E-state index is -0.569. The van der Waals surface area contributed by atoms with Crippen molar-refractivity contribution < 1.29 is 23.8 Å². The zero-order valence-corrected chi connectivity index (χ0v) is 19.3. The van der Waals surface area contributed by atoms with Crippen molar-refractivity contribution in [1.82, 2.24) is 20.7 Å². The Hall–Kier alpha value is -2.62. The monoisotopic (exact) mass is 494 g/mol. The first-order valence-corrected chi connectivity index (χ1v) is 11.3. The highest BCUT2D eigenvalue weighted by molar-refractivity contribution is 9.10. The maximum atomic E-state index is 12.3. The number of hydrogen-bond donors (Lipinski definition) is 2. The maximum absolute atomic E-state index is 12.3. The van der Waals surface area contributed by atoms with Crippen LogP contribution in [0.25, 0.3) is 11.3 Å². The van der Waals surface area contributed by atoms with E-state index in [2.05, 4.69) is 36.7 Å². The zero-order chi connectivity index (χ0) is 22.2. The molecule has 9 nitrogen and oxygen atoms in total. The van der Waals surface area contributed by atoms with Crippen LogP contribution < -0.4 is 14.8 Å². The molecule has 0 unspecified atom stereocenters. The fourth-order valence-corrected chi connectivity index (χ4v) is 4.09. The third-order valence-corrected chi connectivity index (χ3v) is 5.51. The van der Waals surface area contributed by atoms with Gasteiger partial charge < -0.3 is 19.5 Å². The molecule has 2 N–H and O–H groups in total. The average molecular weight is 495 g/mol. The highest BCUT2D eigenvalue weighted by atomic mass is 79.9. The predicted molar refractivity (Wildman–Crippen MR) is 117 cm³/mol. The summed E-state index contributed by atoms with van der Waals surface area (Å²) < 4.78 is 17.1. The molecule has 1 aliphatic rings. The molecule has 0 aliphatic heterocycles. The fourth-order valence-electron chi connectivity index (χ4n) is 3.54. The largest absolute Gasteiger partial charge is 0.490 e. The zero-order valence-electron chi connectivity index (χ0n) is 17.7. The van der Waals surface area contributed by atoms with Gasteiger partial charge in [0.25, 0.3) is 5.91 Å². The van der Waals surface area contributed by atoms with Crippen LogP contribution in [0.15, 0.2) is 16.6 Å². The molecule has 31 heavy (non-hydrogen) atoms. The molecule has 1 fully saturated rings. The van der Waals surface area contributed by atoms with Crippen molar-refractivity contribution in [2.75, 3.05) is 19.8 Å². The second-order valence-corrected chi connectivity index (χ2v) is 8.01. The predicted octanol–water partition coefficient (Wildman–Crippen LogP) is 3.64. The summed E-state index contributed by atoms with van der Waals surface area (Å²) in [4.78, 5) is 24.5. The van der Waals surface area contributed by atoms with Gasteiger partial charge in [0.05, 0.1) is 17.7 Å². The molecule has 0 atom stereocenters. The Kier molecular flexibility index (Phi) is 8.27. The number of aromatic amines is 1. The first-order chi connectivity index (χ1) is 15.0. The SMILES string of the molecule is CCOC(=O)c1n[nH]nc1-c1cc(Br)c(OCC(=O)NC2CCCCC2)c(OCC)c1. The lowest BCUT2D eigenvalue weighted by atomic mass is 9.95. The first-order valence-electron chi connectivity index (χ1n) is 10.5. The van der Waals surface area contributed by atoms with Crippen molar-refractivity contribution in [2.24, 2.45) is 0 Å². The van der Waals surface area contributed by atoms with E-state index in [1.54, 1.807) is 19.1 Å². The topological polar surface area (TPSA) is 115 Å². The number of hydrogen-bond acceptors (Lipinski definition) is 7. The molecule has 168 valence electrons. The summed E-state index contributed by atoms with van der Waals surface area (Å²) in [6, 6.07) is 3.65. The van der Waals surface area contributed by atoms with Crippen molar-refractivity contribution in [3.63, 3.8) is 0 Å². The Morgan fingerprint density at radius 2 is 1.90 bits per heavy atom. The molecule has 0 bridgehead atoms. The van der Waals surface area contributed by atoms with E-state index >= 15 is 0 Å². The second-order valence-electron chi connectivity index (χ2n) is 7.15. The van der Waals surface area contributed by atoms with Crippen LogP contribution >= 0.6 is 15.9 Å². The van der Waals surface area contributed by atoms with E-state index in [9.17, 15) is 9.59 Å². The van der Waals surface area contributed by atoms with E-state index in [0.717, 1.165) is 25.7 Å². The number of halogens is 1. The summed E-state index contributed by atoms with van der Waals surface area (Å²) in [7, 11) is 0. The minimum absolute atomic E-state index is 0.0803. The molecular weight excluding hydrogens is 468 g/mol. The van der Waals surface area contributed by atoms with Gasteiger partial charge in [-0.3, -0.25) is 4.79 Å². The molecule has 1 saturated carbocycles. The number of carbonyl (C=O) groups excluding carboxylic acids is 2. The summed E-state index contributed by atoms with van der Waals surface area (Å²) in [5, 5.41) is 13.5. The molecule has 0 saturated heterocycles. The van der Waals surface area contributed by atoms with Crippen LogP contribution in [0.2, 0.25) is 0 Å². The van der Waals surface area contributed by atoms with E-state index in [-0.39, 0.29) is 30.9 Å². The number of esters is 1. The summed E-state index contributed by atoms with van der Waals surface area (Å²) in [6.07, 6.45) is 5.53. The van der Waals surface area contributed by atoms with E-state index in [1.807, 2.05) is 6.92 Å². The number of nitrogens with one attached hydrogen (secondary N) is 2. The summed E-state index contributed by atoms with van der Waals surface area (Å²) in [5.74, 6) is 0.104. The Morgan fingerprint density at radius 1 is 1.13 bits per heavy atom. The molecule has 1 aromatic carbocycles. The van der Waals surface area contributed by atoms with Gasteiger partial charge in [-0.25, -0.2) is 4.79 Å². The highest BCUT2D eigenvalue weighted by Crippen LogP contribution is 2.40. The molecule has 0 spiro atoms. The molecule has 2 aromatic rings. The van der Waals surface area contributed by atoms with E-state index < -0.39 is 5.97 Å². The third kappa shape index (κ3) is 5.96. The van der Waals surface area contributed by atoms with Gasteiger partial charge in [0.1, 0.15) is 5.69 Å². The molecule has 1 amide bonds. The van der Waals surface area contributed by atoms with Gasteiger partial charge in [-0.1, -0.05) is 19.3 Å². The Morgan fingerprint density at radius 3 is 2.61 bits per heavy atom. The number of ether oxygens (including phenoxy) is 3. The maximum Gasteiger partial charge on any atom is 0.361 e. The van der Waals surface area contributed by atoms with Gasteiger partial charge >= 0.3 is 5.97 Å². The van der Waals surface area contributed by atoms with E-state index in [4.69, 9.17) is 14.2 Å². The molecular formula is C21H27BrN4O5. The van der Waals surface area contributed by atoms with E-state index in [0.29, 0.717) is 33.8 Å². The number of rotatable bonds is 9. The molecule has 1 aliphatic carbocycles. The standard InChI is InChI=1S/C21H27BrN4O5/c1-3-29-16-11-13(18-19(25-26-24-18)21(28)30-4-2)10-15(22)20(16)31-12-17(27)23-14-8-6-5-7-9-14/h10-11,14H,3-9,12H2,1-2H3,(H,23,27)(H,24,25,26). The molecule has 1 aromatic heterocycles. The lowest BCUT2D eigenvalue weighted by Crippen LogP contribution is -2.39. The van der Waals surface area contributed by atoms with Crippen molar-refractivity contribution in [3.05, 3.63) is 22.3 Å². The second kappa shape index (κ2) is 11.1. The normalized spacial score (nSPS) is 14.2. The van der Waals surface area contributed by atoms with Crippen LogP contribution in [-0.4, -0.2) is 53.1 Å². The highest BCUT2D eigenvalue weighted by Gasteiger charge is 2.23. The third-order valence-electron chi connectivity index (χ3n) is 4.92. The van der Waals surface area contributed by atoms with Crippen LogP contribution in [0.1, 0.15) is 56.4 Å². The van der Waals surface area contributed by atoms with Crippen LogP contribution in [0.4, 0.5) is 0 Å². The van der Waals surface area contributed by atoms with Crippen LogP contribution in [0.5, 0.6) is 11.5 Å². The quantitative estimate of drug-likeness (QED) is 0.511. The van der Waals surface area contributed by atoms with Gasteiger partial charge in [-0.05, 0) is 54.8 Å². The van der Waals surface area contributed by atoms with Crippen molar-refractivity contribution in [1.29, 1.82) is 0 Å². The van der Waals surface area contributed by atoms with Crippen LogP contribution in [-0.2, 0) is 9.53 Å². The lowest BCUT2D eigenvalue weighted by molar-refractivity contribution is -0.124. The smallest absolute Gasteiger partial charge is 0.361 e. The van der Waals surface area contributed by atoms with Crippen molar-refractivity contribution >= 4 is 27.8 Å². The Labute approximate surface area is 189 Å². The number of carbonyl (C=O) groups is 2. The van der Waals surface area contributed by atoms with Crippen LogP contribution in [0, 0.1) is 0 Å². The van der Waals surface area contributed by atoms with Gasteiger partial charge in [-0.15, -0.1) is 5.10 Å². The van der Waals surface area contributed by atoms with Crippen LogP contribution in [0.3, 0.4) is 0 Å². The van der Waals surface area contributed by atoms with E-state index in [1.165, 1.54) is 6.42 Å². The molecule has 0 radical (unpaired) electrons. The number of amides is 1. The van der Waals surface area contributed by atoms with Crippen molar-refractivity contribution in [2.45, 2.75) is 52.0 Å². The number of H-pyrrole nitrogens is 1. The number of aromatic nitrogens is 3. The summed E-state index contributed by atoms with van der Waals surface area (Å²) >= 11 is 3.48. The van der Waals surface area contributed by atoms with Gasteiger partial charge in [0.2, 0.25) is 0 Å². The number of nitrogens with zero attached hydrogens (tertiary/aromatic N) is 2. The first kappa shape index (κ1) is 23.1. The minimum Gasteiger partial charge on any atom is -0.490 e. The summed E-state index contributed by atoms with van der Waals surface area (Å²) in [5.41, 5.74) is 1.00. The molecule has 10 heteroatoms. The Balaban J connectivity index is 1.77. The molecule has 3 rings (SSSR count). The number of benzene rings is 1. The fraction of sp³-hybridized carbons (Fsp3) is 0.524.